The highest BCUT2D eigenvalue weighted by molar-refractivity contribution is 5.54. The van der Waals surface area contributed by atoms with Gasteiger partial charge in [-0.3, -0.25) is 0 Å². The molecule has 1 nitrogen and oxygen atoms in total. The molecule has 0 radical (unpaired) electrons. The van der Waals surface area contributed by atoms with E-state index >= 15 is 0 Å². The molecular weight excluding hydrogens is 244 g/mol. The smallest absolute Gasteiger partial charge is 0.0647 e. The molecule has 0 atom stereocenters. The highest BCUT2D eigenvalue weighted by atomic mass is 16.3. The third-order valence-corrected chi connectivity index (χ3v) is 4.44. The molecule has 1 aliphatic carbocycles. The van der Waals surface area contributed by atoms with Gasteiger partial charge >= 0.3 is 0 Å². The minimum absolute atomic E-state index is 0.200. The topological polar surface area (TPSA) is 20.2 Å². The molecule has 0 aromatic heterocycles. The first-order valence-corrected chi connectivity index (χ1v) is 7.92. The summed E-state index contributed by atoms with van der Waals surface area (Å²) >= 11 is 0. The maximum absolute atomic E-state index is 9.66. The number of aliphatic hydroxyl groups is 1. The van der Waals surface area contributed by atoms with E-state index in [9.17, 15) is 5.11 Å². The van der Waals surface area contributed by atoms with E-state index in [4.69, 9.17) is 0 Å². The van der Waals surface area contributed by atoms with Crippen molar-refractivity contribution in [2.24, 2.45) is 5.92 Å². The van der Waals surface area contributed by atoms with Crippen LogP contribution in [0, 0.1) is 5.92 Å². The van der Waals surface area contributed by atoms with Crippen LogP contribution in [0.1, 0.15) is 64.0 Å². The van der Waals surface area contributed by atoms with E-state index in [-0.39, 0.29) is 12.0 Å². The Balaban J connectivity index is 2.15. The van der Waals surface area contributed by atoms with Crippen LogP contribution < -0.4 is 0 Å². The molecule has 110 valence electrons. The highest BCUT2D eigenvalue weighted by Gasteiger charge is 2.17. The molecule has 0 unspecified atom stereocenters. The highest BCUT2D eigenvalue weighted by Crippen LogP contribution is 2.31. The first-order chi connectivity index (χ1) is 9.50. The molecule has 0 heterocycles. The molecule has 0 aliphatic heterocycles. The molecule has 0 amide bonds. The lowest BCUT2D eigenvalue weighted by molar-refractivity contribution is 0.295. The van der Waals surface area contributed by atoms with Gasteiger partial charge in [-0.15, -0.1) is 0 Å². The second kappa shape index (κ2) is 6.58. The van der Waals surface area contributed by atoms with E-state index in [0.29, 0.717) is 5.92 Å². The van der Waals surface area contributed by atoms with Crippen LogP contribution >= 0.6 is 0 Å². The Morgan fingerprint density at radius 1 is 1.10 bits per heavy atom. The van der Waals surface area contributed by atoms with Crippen LogP contribution in [0.3, 0.4) is 0 Å². The molecule has 1 heteroatoms. The van der Waals surface area contributed by atoms with E-state index in [1.54, 1.807) is 0 Å². The van der Waals surface area contributed by atoms with Gasteiger partial charge in [0.05, 0.1) is 6.61 Å². The van der Waals surface area contributed by atoms with Gasteiger partial charge in [-0.25, -0.2) is 0 Å². The molecule has 2 rings (SSSR count). The first kappa shape index (κ1) is 15.3. The zero-order chi connectivity index (χ0) is 14.6. The van der Waals surface area contributed by atoms with Gasteiger partial charge in [0.1, 0.15) is 0 Å². The van der Waals surface area contributed by atoms with Crippen molar-refractivity contribution in [2.75, 3.05) is 6.61 Å². The molecular formula is C19H28O. The Morgan fingerprint density at radius 2 is 1.70 bits per heavy atom. The minimum atomic E-state index is 0.200. The quantitative estimate of drug-likeness (QED) is 0.826. The minimum Gasteiger partial charge on any atom is -0.392 e. The summed E-state index contributed by atoms with van der Waals surface area (Å²) in [7, 11) is 0. The second-order valence-corrected chi connectivity index (χ2v) is 7.08. The number of hydrogen-bond donors (Lipinski definition) is 1. The van der Waals surface area contributed by atoms with Crippen LogP contribution in [-0.2, 0) is 5.41 Å². The van der Waals surface area contributed by atoms with Crippen molar-refractivity contribution in [3.63, 3.8) is 0 Å². The summed E-state index contributed by atoms with van der Waals surface area (Å²) in [6.45, 7) is 6.91. The van der Waals surface area contributed by atoms with Crippen molar-refractivity contribution in [1.29, 1.82) is 0 Å². The average molecular weight is 272 g/mol. The monoisotopic (exact) mass is 272 g/mol. The average Bonchev–Trinajstić information content (AvgIpc) is 2.45. The lowest BCUT2D eigenvalue weighted by atomic mass is 9.83. The Bertz CT molecular complexity index is 442. The Labute approximate surface area is 123 Å². The molecule has 0 bridgehead atoms. The summed E-state index contributed by atoms with van der Waals surface area (Å²) in [6, 6.07) is 8.78. The molecule has 1 aromatic carbocycles. The maximum atomic E-state index is 9.66. The van der Waals surface area contributed by atoms with Gasteiger partial charge in [-0.2, -0.15) is 0 Å². The standard InChI is InChI=1S/C19H28O/c1-19(2,3)18-11-9-15(10-12-18)13-17(14-20)16-7-5-4-6-8-16/h9-13,16,20H,4-8,14H2,1-3H3/b17-13-. The van der Waals surface area contributed by atoms with Crippen LogP contribution in [0.25, 0.3) is 6.08 Å². The van der Waals surface area contributed by atoms with Crippen molar-refractivity contribution in [3.8, 4) is 0 Å². The molecule has 1 N–H and O–H groups in total. The van der Waals surface area contributed by atoms with Gasteiger partial charge in [-0.05, 0) is 40.9 Å². The zero-order valence-electron chi connectivity index (χ0n) is 13.2. The lowest BCUT2D eigenvalue weighted by Crippen LogP contribution is -2.12. The number of aliphatic hydroxyl groups excluding tert-OH is 1. The van der Waals surface area contributed by atoms with Gasteiger partial charge in [-0.1, -0.05) is 70.4 Å². The molecule has 20 heavy (non-hydrogen) atoms. The number of hydrogen-bond acceptors (Lipinski definition) is 1. The van der Waals surface area contributed by atoms with E-state index in [1.165, 1.54) is 48.8 Å². The van der Waals surface area contributed by atoms with Gasteiger partial charge in [0, 0.05) is 0 Å². The normalized spacial score (nSPS) is 18.3. The summed E-state index contributed by atoms with van der Waals surface area (Å²) in [5.74, 6) is 0.594. The number of rotatable bonds is 3. The summed E-state index contributed by atoms with van der Waals surface area (Å²) in [6.07, 6.45) is 8.66. The predicted molar refractivity (Wildman–Crippen MR) is 86.8 cm³/mol. The SMILES string of the molecule is CC(C)(C)c1ccc(/C=C(/CO)C2CCCCC2)cc1. The number of benzene rings is 1. The van der Waals surface area contributed by atoms with Crippen molar-refractivity contribution in [3.05, 3.63) is 41.0 Å². The second-order valence-electron chi connectivity index (χ2n) is 7.08. The molecule has 1 fully saturated rings. The maximum Gasteiger partial charge on any atom is 0.0647 e. The van der Waals surface area contributed by atoms with E-state index in [2.05, 4.69) is 51.1 Å². The van der Waals surface area contributed by atoms with Crippen LogP contribution in [0.5, 0.6) is 0 Å². The summed E-state index contributed by atoms with van der Waals surface area (Å²) < 4.78 is 0. The van der Waals surface area contributed by atoms with Crippen LogP contribution in [0.2, 0.25) is 0 Å². The first-order valence-electron chi connectivity index (χ1n) is 7.92. The lowest BCUT2D eigenvalue weighted by Gasteiger charge is -2.23. The fourth-order valence-electron chi connectivity index (χ4n) is 3.06. The Kier molecular flexibility index (Phi) is 5.04. The van der Waals surface area contributed by atoms with Crippen molar-refractivity contribution < 1.29 is 5.11 Å². The fraction of sp³-hybridized carbons (Fsp3) is 0.579. The Hall–Kier alpha value is -1.08. The molecule has 1 aromatic rings. The van der Waals surface area contributed by atoms with E-state index in [1.807, 2.05) is 0 Å². The predicted octanol–water partition coefficient (Wildman–Crippen LogP) is 4.94. The van der Waals surface area contributed by atoms with Crippen LogP contribution in [0.15, 0.2) is 29.8 Å². The summed E-state index contributed by atoms with van der Waals surface area (Å²) in [5, 5.41) is 9.66. The van der Waals surface area contributed by atoms with Crippen molar-refractivity contribution in [1.82, 2.24) is 0 Å². The largest absolute Gasteiger partial charge is 0.392 e. The van der Waals surface area contributed by atoms with Gasteiger partial charge < -0.3 is 5.11 Å². The molecule has 1 aliphatic rings. The van der Waals surface area contributed by atoms with E-state index in [0.717, 1.165) is 0 Å². The van der Waals surface area contributed by atoms with Crippen LogP contribution in [-0.4, -0.2) is 11.7 Å². The van der Waals surface area contributed by atoms with Gasteiger partial charge in [0.15, 0.2) is 0 Å². The third-order valence-electron chi connectivity index (χ3n) is 4.44. The summed E-state index contributed by atoms with van der Waals surface area (Å²) in [5.41, 5.74) is 3.99. The summed E-state index contributed by atoms with van der Waals surface area (Å²) in [4.78, 5) is 0. The fourth-order valence-corrected chi connectivity index (χ4v) is 3.06. The molecule has 0 saturated heterocycles. The van der Waals surface area contributed by atoms with Crippen LogP contribution in [0.4, 0.5) is 0 Å². The van der Waals surface area contributed by atoms with Crippen molar-refractivity contribution in [2.45, 2.75) is 58.3 Å². The van der Waals surface area contributed by atoms with E-state index < -0.39 is 0 Å². The molecule has 0 spiro atoms. The Morgan fingerprint density at radius 3 is 2.20 bits per heavy atom. The molecule has 1 saturated carbocycles. The van der Waals surface area contributed by atoms with Crippen molar-refractivity contribution >= 4 is 6.08 Å². The third kappa shape index (κ3) is 3.96. The van der Waals surface area contributed by atoms with Gasteiger partial charge in [0.2, 0.25) is 0 Å². The van der Waals surface area contributed by atoms with Gasteiger partial charge in [0.25, 0.3) is 0 Å². The zero-order valence-corrected chi connectivity index (χ0v) is 13.2.